The Kier molecular flexibility index (Phi) is 7.27. The van der Waals surface area contributed by atoms with Gasteiger partial charge in [-0.1, -0.05) is 55.8 Å². The molecule has 0 saturated carbocycles. The van der Waals surface area contributed by atoms with Crippen LogP contribution >= 0.6 is 24.0 Å². The normalized spacial score (nSPS) is 11.4. The number of unbranched alkanes of at least 4 members (excludes halogenated alkanes) is 1. The first-order valence-corrected chi connectivity index (χ1v) is 11.9. The molecule has 0 aliphatic carbocycles. The number of thioether (sulfide) groups is 1. The van der Waals surface area contributed by atoms with Crippen molar-refractivity contribution in [2.24, 2.45) is 5.14 Å². The van der Waals surface area contributed by atoms with E-state index in [-0.39, 0.29) is 14.4 Å². The summed E-state index contributed by atoms with van der Waals surface area (Å²) in [5.41, 5.74) is 2.00. The average molecular weight is 464 g/mol. The van der Waals surface area contributed by atoms with E-state index < -0.39 is 10.0 Å². The van der Waals surface area contributed by atoms with Crippen molar-refractivity contribution >= 4 is 38.3 Å². The van der Waals surface area contributed by atoms with Gasteiger partial charge in [0.05, 0.1) is 4.90 Å². The van der Waals surface area contributed by atoms with Crippen molar-refractivity contribution < 1.29 is 18.0 Å². The highest BCUT2D eigenvalue weighted by Gasteiger charge is 2.20. The van der Waals surface area contributed by atoms with Gasteiger partial charge >= 0.3 is 0 Å². The van der Waals surface area contributed by atoms with E-state index in [1.807, 2.05) is 37.3 Å². The highest BCUT2D eigenvalue weighted by atomic mass is 32.2. The Balaban J connectivity index is 1.96. The molecule has 0 bridgehead atoms. The number of rotatable bonds is 7. The van der Waals surface area contributed by atoms with Crippen molar-refractivity contribution in [1.82, 2.24) is 10.0 Å². The molecule has 10 heteroatoms. The summed E-state index contributed by atoms with van der Waals surface area (Å²) in [5.74, 6) is 0.516. The van der Waals surface area contributed by atoms with Crippen molar-refractivity contribution in [3.8, 4) is 22.6 Å². The number of oxazole rings is 1. The van der Waals surface area contributed by atoms with E-state index in [2.05, 4.69) is 4.98 Å². The van der Waals surface area contributed by atoms with Crippen molar-refractivity contribution in [3.05, 3.63) is 54.6 Å². The molecule has 0 spiro atoms. The van der Waals surface area contributed by atoms with Gasteiger partial charge in [0.15, 0.2) is 10.1 Å². The number of sulfonamides is 1. The van der Waals surface area contributed by atoms with Crippen LogP contribution in [0.3, 0.4) is 0 Å². The third-order valence-electron chi connectivity index (χ3n) is 4.21. The number of nitrogens with zero attached hydrogens (tertiary/aromatic N) is 2. The molecular weight excluding hydrogens is 442 g/mol. The van der Waals surface area contributed by atoms with E-state index in [1.54, 1.807) is 12.1 Å². The predicted molar refractivity (Wildman–Crippen MR) is 121 cm³/mol. The Morgan fingerprint density at radius 3 is 2.43 bits per heavy atom. The van der Waals surface area contributed by atoms with E-state index >= 15 is 0 Å². The Hall–Kier alpha value is -2.24. The second-order valence-corrected chi connectivity index (χ2v) is 9.58. The van der Waals surface area contributed by atoms with Crippen LogP contribution in [0.5, 0.6) is 0 Å². The zero-order chi connectivity index (χ0) is 21.7. The zero-order valence-electron chi connectivity index (χ0n) is 16.2. The van der Waals surface area contributed by atoms with Crippen LogP contribution < -0.4 is 5.14 Å². The third kappa shape index (κ3) is 5.46. The number of hydrogen-bond donors (Lipinski definition) is 2. The number of benzene rings is 2. The van der Waals surface area contributed by atoms with Gasteiger partial charge in [-0.2, -0.15) is 0 Å². The molecule has 0 aliphatic rings. The first-order valence-electron chi connectivity index (χ1n) is 9.17. The molecule has 0 aliphatic heterocycles. The minimum Gasteiger partial charge on any atom is -0.430 e. The SMILES string of the molecule is CCCCN(O)C(=S)Sc1nc(-c2ccc(S(N)(=O)=O)cc2)c(-c2ccccc2)o1. The number of nitrogens with two attached hydrogens (primary N) is 1. The standard InChI is InChI=1S/C20H21N3O4S3/c1-2-3-13-23(24)20(28)29-19-22-17(18(27-19)15-7-5-4-6-8-15)14-9-11-16(12-10-14)30(21,25)26/h4-12,24H,2-3,13H2,1H3,(H2,21,25,26). The van der Waals surface area contributed by atoms with E-state index in [0.29, 0.717) is 23.6 Å². The van der Waals surface area contributed by atoms with Gasteiger partial charge in [0.25, 0.3) is 5.22 Å². The average Bonchev–Trinajstić information content (AvgIpc) is 3.15. The smallest absolute Gasteiger partial charge is 0.264 e. The molecule has 0 amide bonds. The van der Waals surface area contributed by atoms with Gasteiger partial charge in [-0.15, -0.1) is 0 Å². The summed E-state index contributed by atoms with van der Waals surface area (Å²) in [6.45, 7) is 2.45. The van der Waals surface area contributed by atoms with Gasteiger partial charge in [-0.05, 0) is 30.8 Å². The molecule has 0 atom stereocenters. The molecule has 158 valence electrons. The van der Waals surface area contributed by atoms with Crippen LogP contribution in [-0.2, 0) is 10.0 Å². The molecule has 1 aromatic heterocycles. The van der Waals surface area contributed by atoms with Crippen molar-refractivity contribution in [2.75, 3.05) is 6.54 Å². The Morgan fingerprint density at radius 2 is 1.83 bits per heavy atom. The maximum Gasteiger partial charge on any atom is 0.264 e. The molecule has 0 fully saturated rings. The lowest BCUT2D eigenvalue weighted by Gasteiger charge is -2.14. The first-order chi connectivity index (χ1) is 14.3. The highest BCUT2D eigenvalue weighted by Crippen LogP contribution is 2.36. The lowest BCUT2D eigenvalue weighted by molar-refractivity contribution is -0.00878. The van der Waals surface area contributed by atoms with Gasteiger partial charge < -0.3 is 4.42 Å². The summed E-state index contributed by atoms with van der Waals surface area (Å²) in [4.78, 5) is 4.55. The predicted octanol–water partition coefficient (Wildman–Crippen LogP) is 4.52. The summed E-state index contributed by atoms with van der Waals surface area (Å²) in [6, 6.07) is 15.5. The van der Waals surface area contributed by atoms with Crippen LogP contribution in [0.2, 0.25) is 0 Å². The van der Waals surface area contributed by atoms with Gasteiger partial charge in [0.1, 0.15) is 5.69 Å². The van der Waals surface area contributed by atoms with E-state index in [1.165, 1.54) is 12.1 Å². The first kappa shape index (κ1) is 22.4. The number of hydrogen-bond acceptors (Lipinski definition) is 7. The van der Waals surface area contributed by atoms with Crippen LogP contribution in [0.1, 0.15) is 19.8 Å². The lowest BCUT2D eigenvalue weighted by atomic mass is 10.1. The van der Waals surface area contributed by atoms with Gasteiger partial charge in [0, 0.05) is 29.4 Å². The second kappa shape index (κ2) is 9.71. The summed E-state index contributed by atoms with van der Waals surface area (Å²) in [7, 11) is -3.79. The minimum atomic E-state index is -3.79. The molecule has 2 aromatic carbocycles. The van der Waals surface area contributed by atoms with Gasteiger partial charge in [-0.3, -0.25) is 5.21 Å². The molecule has 1 heterocycles. The molecule has 0 radical (unpaired) electrons. The molecule has 7 nitrogen and oxygen atoms in total. The zero-order valence-corrected chi connectivity index (χ0v) is 18.6. The summed E-state index contributed by atoms with van der Waals surface area (Å²) < 4.78 is 29.3. The van der Waals surface area contributed by atoms with Crippen molar-refractivity contribution in [1.29, 1.82) is 0 Å². The van der Waals surface area contributed by atoms with Crippen LogP contribution in [-0.4, -0.2) is 34.5 Å². The maximum atomic E-state index is 11.5. The third-order valence-corrected chi connectivity index (χ3v) is 6.33. The van der Waals surface area contributed by atoms with Gasteiger partial charge in [-0.25, -0.2) is 23.6 Å². The molecule has 3 rings (SSSR count). The minimum absolute atomic E-state index is 0.0126. The van der Waals surface area contributed by atoms with Gasteiger partial charge in [0.2, 0.25) is 10.0 Å². The largest absolute Gasteiger partial charge is 0.430 e. The lowest BCUT2D eigenvalue weighted by Crippen LogP contribution is -2.24. The number of primary sulfonamides is 1. The fraction of sp³-hybridized carbons (Fsp3) is 0.200. The van der Waals surface area contributed by atoms with Crippen LogP contribution in [0.25, 0.3) is 22.6 Å². The summed E-state index contributed by atoms with van der Waals surface area (Å²) >= 11 is 6.32. The van der Waals surface area contributed by atoms with Crippen molar-refractivity contribution in [3.63, 3.8) is 0 Å². The van der Waals surface area contributed by atoms with E-state index in [9.17, 15) is 13.6 Å². The van der Waals surface area contributed by atoms with Crippen LogP contribution in [0.15, 0.2) is 69.1 Å². The highest BCUT2D eigenvalue weighted by molar-refractivity contribution is 8.22. The molecule has 3 aromatic rings. The van der Waals surface area contributed by atoms with Crippen LogP contribution in [0, 0.1) is 0 Å². The fourth-order valence-electron chi connectivity index (χ4n) is 2.65. The van der Waals surface area contributed by atoms with Crippen molar-refractivity contribution in [2.45, 2.75) is 29.9 Å². The molecular formula is C20H21N3O4S3. The van der Waals surface area contributed by atoms with E-state index in [0.717, 1.165) is 35.2 Å². The van der Waals surface area contributed by atoms with Crippen LogP contribution in [0.4, 0.5) is 0 Å². The Morgan fingerprint density at radius 1 is 1.17 bits per heavy atom. The monoisotopic (exact) mass is 463 g/mol. The number of hydroxylamine groups is 2. The summed E-state index contributed by atoms with van der Waals surface area (Å²) in [6.07, 6.45) is 1.74. The topological polar surface area (TPSA) is 110 Å². The van der Waals surface area contributed by atoms with E-state index in [4.69, 9.17) is 21.8 Å². The fourth-order valence-corrected chi connectivity index (χ4v) is 4.08. The molecule has 3 N–H and O–H groups in total. The number of aromatic nitrogens is 1. The maximum absolute atomic E-state index is 11.5. The number of thiocarbonyl (C=S) groups is 1. The Labute approximate surface area is 184 Å². The molecule has 30 heavy (non-hydrogen) atoms. The Bertz CT molecular complexity index is 1110. The quantitative estimate of drug-likeness (QED) is 0.299. The second-order valence-electron chi connectivity index (χ2n) is 6.44. The molecule has 0 unspecified atom stereocenters. The molecule has 0 saturated heterocycles. The summed E-state index contributed by atoms with van der Waals surface area (Å²) in [5, 5.41) is 16.5.